The molecule has 0 saturated carbocycles. The van der Waals surface area contributed by atoms with Gasteiger partial charge in [0.15, 0.2) is 0 Å². The summed E-state index contributed by atoms with van der Waals surface area (Å²) in [5.74, 6) is 0.204. The van der Waals surface area contributed by atoms with Crippen molar-refractivity contribution in [1.82, 2.24) is 14.8 Å². The van der Waals surface area contributed by atoms with Gasteiger partial charge in [-0.1, -0.05) is 0 Å². The van der Waals surface area contributed by atoms with Crippen molar-refractivity contribution in [2.45, 2.75) is 26.3 Å². The predicted octanol–water partition coefficient (Wildman–Crippen LogP) is 2.29. The van der Waals surface area contributed by atoms with E-state index in [-0.39, 0.29) is 5.97 Å². The topological polar surface area (TPSA) is 60.2 Å². The number of carbonyl (C=O) groups excluding carboxylic acids is 1. The minimum Gasteiger partial charge on any atom is -0.464 e. The fraction of sp³-hybridized carbons (Fsp3) is 0.471. The molecule has 0 amide bonds. The van der Waals surface area contributed by atoms with Crippen molar-refractivity contribution in [2.75, 3.05) is 25.1 Å². The van der Waals surface area contributed by atoms with Crippen LogP contribution in [0.1, 0.15) is 29.0 Å². The SMILES string of the molecule is COC(=O)c1cc(C)nn1CC1CCN(c2ccncc2)CC1. The molecule has 0 radical (unpaired) electrons. The average molecular weight is 314 g/mol. The van der Waals surface area contributed by atoms with Gasteiger partial charge >= 0.3 is 5.97 Å². The molecule has 1 aliphatic rings. The number of hydrogen-bond acceptors (Lipinski definition) is 5. The second kappa shape index (κ2) is 6.81. The lowest BCUT2D eigenvalue weighted by atomic mass is 9.96. The Labute approximate surface area is 136 Å². The molecule has 0 bridgehead atoms. The fourth-order valence-electron chi connectivity index (χ4n) is 3.13. The first-order valence-corrected chi connectivity index (χ1v) is 7.95. The Bertz CT molecular complexity index is 660. The molecule has 2 aromatic rings. The molecule has 0 unspecified atom stereocenters. The molecular formula is C17H22N4O2. The van der Waals surface area contributed by atoms with E-state index in [0.29, 0.717) is 11.6 Å². The first kappa shape index (κ1) is 15.5. The Kier molecular flexibility index (Phi) is 4.60. The van der Waals surface area contributed by atoms with Crippen molar-refractivity contribution >= 4 is 11.7 Å². The molecule has 122 valence electrons. The highest BCUT2D eigenvalue weighted by molar-refractivity contribution is 5.87. The molecule has 2 aromatic heterocycles. The summed E-state index contributed by atoms with van der Waals surface area (Å²) in [4.78, 5) is 18.3. The number of nitrogens with zero attached hydrogens (tertiary/aromatic N) is 4. The molecule has 3 rings (SSSR count). The second-order valence-electron chi connectivity index (χ2n) is 5.98. The summed E-state index contributed by atoms with van der Waals surface area (Å²) in [6, 6.07) is 5.89. The summed E-state index contributed by atoms with van der Waals surface area (Å²) in [5.41, 5.74) is 2.62. The zero-order valence-corrected chi connectivity index (χ0v) is 13.6. The highest BCUT2D eigenvalue weighted by atomic mass is 16.5. The fourth-order valence-corrected chi connectivity index (χ4v) is 3.13. The summed E-state index contributed by atoms with van der Waals surface area (Å²) < 4.78 is 6.64. The largest absolute Gasteiger partial charge is 0.464 e. The molecule has 1 fully saturated rings. The third-order valence-corrected chi connectivity index (χ3v) is 4.37. The van der Waals surface area contributed by atoms with Crippen LogP contribution in [0.4, 0.5) is 5.69 Å². The summed E-state index contributed by atoms with van der Waals surface area (Å²) in [6.07, 6.45) is 5.83. The molecule has 6 nitrogen and oxygen atoms in total. The zero-order valence-electron chi connectivity index (χ0n) is 13.6. The van der Waals surface area contributed by atoms with Gasteiger partial charge in [0, 0.05) is 37.7 Å². The van der Waals surface area contributed by atoms with Gasteiger partial charge in [0.05, 0.1) is 12.8 Å². The van der Waals surface area contributed by atoms with Crippen molar-refractivity contribution < 1.29 is 9.53 Å². The van der Waals surface area contributed by atoms with E-state index in [4.69, 9.17) is 4.74 Å². The number of hydrogen-bond donors (Lipinski definition) is 0. The normalized spacial score (nSPS) is 15.7. The van der Waals surface area contributed by atoms with Crippen LogP contribution in [-0.4, -0.2) is 40.9 Å². The number of carbonyl (C=O) groups is 1. The van der Waals surface area contributed by atoms with Gasteiger partial charge in [0.1, 0.15) is 5.69 Å². The van der Waals surface area contributed by atoms with Crippen molar-refractivity contribution in [3.8, 4) is 0 Å². The van der Waals surface area contributed by atoms with Crippen molar-refractivity contribution in [2.24, 2.45) is 5.92 Å². The number of aryl methyl sites for hydroxylation is 1. The minimum absolute atomic E-state index is 0.320. The number of piperidine rings is 1. The van der Waals surface area contributed by atoms with Gasteiger partial charge < -0.3 is 9.64 Å². The molecule has 0 aliphatic carbocycles. The molecule has 0 aromatic carbocycles. The first-order chi connectivity index (χ1) is 11.2. The lowest BCUT2D eigenvalue weighted by molar-refractivity contribution is 0.0584. The predicted molar refractivity (Wildman–Crippen MR) is 87.5 cm³/mol. The maximum atomic E-state index is 11.8. The van der Waals surface area contributed by atoms with Crippen LogP contribution >= 0.6 is 0 Å². The number of anilines is 1. The van der Waals surface area contributed by atoms with E-state index in [2.05, 4.69) is 15.0 Å². The van der Waals surface area contributed by atoms with Gasteiger partial charge in [-0.05, 0) is 43.9 Å². The Hall–Kier alpha value is -2.37. The van der Waals surface area contributed by atoms with Crippen molar-refractivity contribution in [3.05, 3.63) is 42.0 Å². The van der Waals surface area contributed by atoms with Gasteiger partial charge in [0.2, 0.25) is 0 Å². The van der Waals surface area contributed by atoms with Crippen molar-refractivity contribution in [3.63, 3.8) is 0 Å². The maximum Gasteiger partial charge on any atom is 0.356 e. The van der Waals surface area contributed by atoms with Gasteiger partial charge in [-0.15, -0.1) is 0 Å². The van der Waals surface area contributed by atoms with Crippen LogP contribution < -0.4 is 4.90 Å². The van der Waals surface area contributed by atoms with Crippen LogP contribution in [0.3, 0.4) is 0 Å². The van der Waals surface area contributed by atoms with E-state index in [9.17, 15) is 4.79 Å². The third-order valence-electron chi connectivity index (χ3n) is 4.37. The quantitative estimate of drug-likeness (QED) is 0.810. The number of rotatable bonds is 4. The summed E-state index contributed by atoms with van der Waals surface area (Å²) in [6.45, 7) is 4.70. The molecule has 1 saturated heterocycles. The maximum absolute atomic E-state index is 11.8. The summed E-state index contributed by atoms with van der Waals surface area (Å²) in [7, 11) is 1.40. The smallest absolute Gasteiger partial charge is 0.356 e. The third kappa shape index (κ3) is 3.52. The molecule has 0 spiro atoms. The number of aromatic nitrogens is 3. The number of methoxy groups -OCH3 is 1. The van der Waals surface area contributed by atoms with Crippen LogP contribution in [0, 0.1) is 12.8 Å². The second-order valence-corrected chi connectivity index (χ2v) is 5.98. The van der Waals surface area contributed by atoms with Crippen molar-refractivity contribution in [1.29, 1.82) is 0 Å². The number of pyridine rings is 1. The Balaban J connectivity index is 1.62. The molecule has 1 aliphatic heterocycles. The summed E-state index contributed by atoms with van der Waals surface area (Å²) in [5, 5.41) is 4.44. The zero-order chi connectivity index (χ0) is 16.2. The number of esters is 1. The van der Waals surface area contributed by atoms with Crippen LogP contribution in [0.5, 0.6) is 0 Å². The Morgan fingerprint density at radius 3 is 2.65 bits per heavy atom. The van der Waals surface area contributed by atoms with E-state index in [1.807, 2.05) is 31.5 Å². The van der Waals surface area contributed by atoms with E-state index < -0.39 is 0 Å². The number of ether oxygens (including phenoxy) is 1. The Morgan fingerprint density at radius 1 is 1.30 bits per heavy atom. The molecule has 23 heavy (non-hydrogen) atoms. The highest BCUT2D eigenvalue weighted by Gasteiger charge is 2.22. The lowest BCUT2D eigenvalue weighted by Crippen LogP contribution is -2.35. The molecule has 0 atom stereocenters. The van der Waals surface area contributed by atoms with Crippen LogP contribution in [0.2, 0.25) is 0 Å². The molecular weight excluding hydrogens is 292 g/mol. The summed E-state index contributed by atoms with van der Waals surface area (Å²) >= 11 is 0. The monoisotopic (exact) mass is 314 g/mol. The van der Waals surface area contributed by atoms with Gasteiger partial charge in [0.25, 0.3) is 0 Å². The minimum atomic E-state index is -0.320. The Morgan fingerprint density at radius 2 is 2.00 bits per heavy atom. The average Bonchev–Trinajstić information content (AvgIpc) is 2.96. The van der Waals surface area contributed by atoms with Gasteiger partial charge in [-0.3, -0.25) is 9.67 Å². The standard InChI is InChI=1S/C17H22N4O2/c1-13-11-16(17(22)23-2)21(19-13)12-14-5-9-20(10-6-14)15-3-7-18-8-4-15/h3-4,7-8,11,14H,5-6,9-10,12H2,1-2H3. The van der Waals surface area contributed by atoms with Gasteiger partial charge in [-0.25, -0.2) is 4.79 Å². The van der Waals surface area contributed by atoms with E-state index in [0.717, 1.165) is 38.2 Å². The van der Waals surface area contributed by atoms with Gasteiger partial charge in [-0.2, -0.15) is 5.10 Å². The van der Waals surface area contributed by atoms with E-state index in [1.165, 1.54) is 12.8 Å². The van der Waals surface area contributed by atoms with Crippen LogP contribution in [-0.2, 0) is 11.3 Å². The lowest BCUT2D eigenvalue weighted by Gasteiger charge is -2.33. The van der Waals surface area contributed by atoms with Crippen LogP contribution in [0.15, 0.2) is 30.6 Å². The van der Waals surface area contributed by atoms with E-state index >= 15 is 0 Å². The highest BCUT2D eigenvalue weighted by Crippen LogP contribution is 2.24. The van der Waals surface area contributed by atoms with Crippen LogP contribution in [0.25, 0.3) is 0 Å². The molecule has 3 heterocycles. The van der Waals surface area contributed by atoms with E-state index in [1.54, 1.807) is 10.7 Å². The molecule has 6 heteroatoms. The first-order valence-electron chi connectivity index (χ1n) is 7.95. The molecule has 0 N–H and O–H groups in total.